The van der Waals surface area contributed by atoms with Crippen LogP contribution >= 0.6 is 0 Å². The van der Waals surface area contributed by atoms with Crippen LogP contribution < -0.4 is 14.4 Å². The number of hydrogen-bond acceptors (Lipinski definition) is 3. The van der Waals surface area contributed by atoms with Crippen molar-refractivity contribution in [3.8, 4) is 28.3 Å². The molecular formula is C36H24N2O2. The van der Waals surface area contributed by atoms with E-state index in [4.69, 9.17) is 9.47 Å². The number of hydrogen-bond donors (Lipinski definition) is 0. The highest BCUT2D eigenvalue weighted by Gasteiger charge is 2.36. The molecule has 5 aromatic carbocycles. The Labute approximate surface area is 231 Å². The second-order valence-corrected chi connectivity index (χ2v) is 9.95. The van der Waals surface area contributed by atoms with Gasteiger partial charge in [-0.15, -0.1) is 0 Å². The molecule has 40 heavy (non-hydrogen) atoms. The second-order valence-electron chi connectivity index (χ2n) is 9.95. The molecule has 0 saturated heterocycles. The zero-order chi connectivity index (χ0) is 26.8. The fraction of sp³-hybridized carbons (Fsp3) is 0. The first kappa shape index (κ1) is 22.5. The van der Waals surface area contributed by atoms with Crippen molar-refractivity contribution in [2.24, 2.45) is 0 Å². The summed E-state index contributed by atoms with van der Waals surface area (Å²) in [6, 6.07) is 40.1. The second kappa shape index (κ2) is 8.52. The van der Waals surface area contributed by atoms with Crippen LogP contribution in [0.2, 0.25) is 0 Å². The first-order chi connectivity index (χ1) is 19.7. The van der Waals surface area contributed by atoms with E-state index in [0.717, 1.165) is 50.7 Å². The van der Waals surface area contributed by atoms with Gasteiger partial charge in [0.1, 0.15) is 11.5 Å². The molecule has 0 aliphatic carbocycles. The lowest BCUT2D eigenvalue weighted by Crippen LogP contribution is -2.30. The molecule has 0 fully saturated rings. The summed E-state index contributed by atoms with van der Waals surface area (Å²) in [6.45, 7) is 8.23. The normalized spacial score (nSPS) is 13.9. The van der Waals surface area contributed by atoms with Crippen LogP contribution in [0.15, 0.2) is 152 Å². The summed E-state index contributed by atoms with van der Waals surface area (Å²) in [7, 11) is 0. The summed E-state index contributed by atoms with van der Waals surface area (Å²) in [5.41, 5.74) is 8.28. The van der Waals surface area contributed by atoms with Crippen molar-refractivity contribution in [2.45, 2.75) is 0 Å². The fourth-order valence-corrected chi connectivity index (χ4v) is 5.93. The van der Waals surface area contributed by atoms with E-state index >= 15 is 0 Å². The number of aromatic nitrogens is 1. The molecule has 0 saturated carbocycles. The number of para-hydroxylation sites is 3. The van der Waals surface area contributed by atoms with E-state index < -0.39 is 0 Å². The number of allylic oxidation sites excluding steroid dienone is 1. The predicted octanol–water partition coefficient (Wildman–Crippen LogP) is 9.28. The summed E-state index contributed by atoms with van der Waals surface area (Å²) >= 11 is 0. The van der Waals surface area contributed by atoms with Gasteiger partial charge in [-0.2, -0.15) is 0 Å². The molecule has 0 radical (unpaired) electrons. The van der Waals surface area contributed by atoms with Gasteiger partial charge in [0.15, 0.2) is 17.3 Å². The Bertz CT molecular complexity index is 2050. The van der Waals surface area contributed by atoms with Gasteiger partial charge in [0.25, 0.3) is 0 Å². The Morgan fingerprint density at radius 3 is 2.25 bits per heavy atom. The molecule has 1 aromatic heterocycles. The quantitative estimate of drug-likeness (QED) is 0.234. The topological polar surface area (TPSA) is 26.6 Å². The molecule has 0 N–H and O–H groups in total. The van der Waals surface area contributed by atoms with E-state index in [1.165, 1.54) is 16.5 Å². The lowest BCUT2D eigenvalue weighted by Gasteiger charge is -2.38. The molecule has 2 aliphatic heterocycles. The average molecular weight is 517 g/mol. The van der Waals surface area contributed by atoms with Crippen molar-refractivity contribution in [1.82, 2.24) is 4.57 Å². The van der Waals surface area contributed by atoms with Crippen molar-refractivity contribution in [3.63, 3.8) is 0 Å². The molecule has 0 bridgehead atoms. The fourth-order valence-electron chi connectivity index (χ4n) is 5.93. The summed E-state index contributed by atoms with van der Waals surface area (Å²) < 4.78 is 14.9. The summed E-state index contributed by atoms with van der Waals surface area (Å²) in [5.74, 6) is 2.64. The molecule has 4 nitrogen and oxygen atoms in total. The van der Waals surface area contributed by atoms with E-state index in [1.54, 1.807) is 6.08 Å². The SMILES string of the molecule is C=CC1=C2C(=C)Oc3ccccc3N2c2cc3c4ccccc4n(-c4cccc(-c5ccccc5)c4)c3cc2O1. The minimum Gasteiger partial charge on any atom is -0.453 e. The number of ether oxygens (including phenoxy) is 2. The average Bonchev–Trinajstić information content (AvgIpc) is 3.33. The standard InChI is InChI=1S/C36H24N2O2/c1-3-33-36-23(2)39-34-19-10-9-18-30(34)38(36)32-21-28-27-16-7-8-17-29(27)37(31(28)22-35(32)40-33)26-15-11-14-25(20-26)24-12-5-4-6-13-24/h3-22H,1-2H2. The highest BCUT2D eigenvalue weighted by molar-refractivity contribution is 6.11. The van der Waals surface area contributed by atoms with Crippen LogP contribution in [0.1, 0.15) is 0 Å². The summed E-state index contributed by atoms with van der Waals surface area (Å²) in [4.78, 5) is 2.18. The molecule has 0 unspecified atom stereocenters. The maximum Gasteiger partial charge on any atom is 0.154 e. The molecule has 190 valence electrons. The third kappa shape index (κ3) is 3.20. The van der Waals surface area contributed by atoms with Crippen molar-refractivity contribution >= 4 is 33.2 Å². The van der Waals surface area contributed by atoms with Crippen LogP contribution in [-0.4, -0.2) is 4.57 Å². The number of nitrogens with zero attached hydrogens (tertiary/aromatic N) is 2. The van der Waals surface area contributed by atoms with Gasteiger partial charge in [-0.25, -0.2) is 0 Å². The van der Waals surface area contributed by atoms with Crippen LogP contribution in [0, 0.1) is 0 Å². The van der Waals surface area contributed by atoms with Gasteiger partial charge in [0.05, 0.1) is 22.4 Å². The Morgan fingerprint density at radius 1 is 0.600 bits per heavy atom. The molecular weight excluding hydrogens is 492 g/mol. The van der Waals surface area contributed by atoms with E-state index in [0.29, 0.717) is 11.5 Å². The van der Waals surface area contributed by atoms with Crippen molar-refractivity contribution in [3.05, 3.63) is 152 Å². The molecule has 0 atom stereocenters. The van der Waals surface area contributed by atoms with Crippen LogP contribution in [0.4, 0.5) is 11.4 Å². The van der Waals surface area contributed by atoms with Gasteiger partial charge in [-0.1, -0.05) is 86.0 Å². The molecule has 6 aromatic rings. The Morgan fingerprint density at radius 2 is 1.38 bits per heavy atom. The number of benzene rings is 5. The van der Waals surface area contributed by atoms with E-state index in [2.05, 4.69) is 114 Å². The number of anilines is 2. The van der Waals surface area contributed by atoms with Crippen LogP contribution in [0.3, 0.4) is 0 Å². The van der Waals surface area contributed by atoms with Crippen LogP contribution in [0.5, 0.6) is 11.5 Å². The van der Waals surface area contributed by atoms with Gasteiger partial charge >= 0.3 is 0 Å². The zero-order valence-electron chi connectivity index (χ0n) is 21.7. The first-order valence-electron chi connectivity index (χ1n) is 13.3. The van der Waals surface area contributed by atoms with Crippen molar-refractivity contribution in [2.75, 3.05) is 4.90 Å². The van der Waals surface area contributed by atoms with E-state index in [-0.39, 0.29) is 0 Å². The number of rotatable bonds is 3. The van der Waals surface area contributed by atoms with Gasteiger partial charge in [-0.3, -0.25) is 4.90 Å². The maximum atomic E-state index is 6.49. The minimum absolute atomic E-state index is 0.527. The number of fused-ring (bicyclic) bond motifs is 8. The third-order valence-corrected chi connectivity index (χ3v) is 7.67. The lowest BCUT2D eigenvalue weighted by atomic mass is 10.0. The molecule has 0 amide bonds. The molecule has 4 heteroatoms. The monoisotopic (exact) mass is 516 g/mol. The van der Waals surface area contributed by atoms with Crippen LogP contribution in [0.25, 0.3) is 38.6 Å². The van der Waals surface area contributed by atoms with Crippen molar-refractivity contribution < 1.29 is 9.47 Å². The molecule has 2 aliphatic rings. The maximum absolute atomic E-state index is 6.49. The molecule has 3 heterocycles. The minimum atomic E-state index is 0.527. The highest BCUT2D eigenvalue weighted by atomic mass is 16.5. The Kier molecular flexibility index (Phi) is 4.79. The Balaban J connectivity index is 1.41. The summed E-state index contributed by atoms with van der Waals surface area (Å²) in [6.07, 6.45) is 1.72. The van der Waals surface area contributed by atoms with Gasteiger partial charge in [0, 0.05) is 22.5 Å². The van der Waals surface area contributed by atoms with E-state index in [9.17, 15) is 0 Å². The Hall–Kier alpha value is -5.48. The predicted molar refractivity (Wildman–Crippen MR) is 162 cm³/mol. The first-order valence-corrected chi connectivity index (χ1v) is 13.3. The van der Waals surface area contributed by atoms with Gasteiger partial charge in [0.2, 0.25) is 0 Å². The zero-order valence-corrected chi connectivity index (χ0v) is 21.7. The molecule has 0 spiro atoms. The van der Waals surface area contributed by atoms with Crippen LogP contribution in [-0.2, 0) is 0 Å². The largest absolute Gasteiger partial charge is 0.453 e. The van der Waals surface area contributed by atoms with Gasteiger partial charge < -0.3 is 14.0 Å². The third-order valence-electron chi connectivity index (χ3n) is 7.67. The van der Waals surface area contributed by atoms with Gasteiger partial charge in [-0.05, 0) is 53.6 Å². The lowest BCUT2D eigenvalue weighted by molar-refractivity contribution is 0.387. The smallest absolute Gasteiger partial charge is 0.154 e. The highest BCUT2D eigenvalue weighted by Crippen LogP contribution is 2.52. The van der Waals surface area contributed by atoms with Crippen molar-refractivity contribution in [1.29, 1.82) is 0 Å². The summed E-state index contributed by atoms with van der Waals surface area (Å²) in [5, 5.41) is 2.31. The van der Waals surface area contributed by atoms with E-state index in [1.807, 2.05) is 24.3 Å². The molecule has 8 rings (SSSR count).